The van der Waals surface area contributed by atoms with Crippen LogP contribution in [0.2, 0.25) is 0 Å². The summed E-state index contributed by atoms with van der Waals surface area (Å²) in [5.41, 5.74) is 0. The number of furan rings is 1. The van der Waals surface area contributed by atoms with E-state index in [4.69, 9.17) is 9.52 Å². The van der Waals surface area contributed by atoms with Crippen LogP contribution in [0.5, 0.6) is 0 Å². The van der Waals surface area contributed by atoms with Crippen LogP contribution in [-0.4, -0.2) is 40.9 Å². The first-order valence-corrected chi connectivity index (χ1v) is 8.30. The number of nitrogens with zero attached hydrogens (tertiary/aromatic N) is 1. The van der Waals surface area contributed by atoms with Crippen molar-refractivity contribution >= 4 is 17.8 Å². The quantitative estimate of drug-likeness (QED) is 0.826. The highest BCUT2D eigenvalue weighted by Gasteiger charge is 2.29. The molecule has 2 N–H and O–H groups in total. The zero-order valence-electron chi connectivity index (χ0n) is 14.1. The van der Waals surface area contributed by atoms with Gasteiger partial charge in [0.15, 0.2) is 0 Å². The van der Waals surface area contributed by atoms with E-state index in [-0.39, 0.29) is 36.0 Å². The Balaban J connectivity index is 1.87. The van der Waals surface area contributed by atoms with Crippen LogP contribution >= 0.6 is 0 Å². The van der Waals surface area contributed by atoms with E-state index in [9.17, 15) is 14.4 Å². The monoisotopic (exact) mass is 336 g/mol. The van der Waals surface area contributed by atoms with Gasteiger partial charge < -0.3 is 19.7 Å². The zero-order valence-corrected chi connectivity index (χ0v) is 14.1. The van der Waals surface area contributed by atoms with Gasteiger partial charge in [-0.2, -0.15) is 0 Å². The maximum absolute atomic E-state index is 12.3. The van der Waals surface area contributed by atoms with Crippen molar-refractivity contribution in [1.82, 2.24) is 10.2 Å². The lowest BCUT2D eigenvalue weighted by Crippen LogP contribution is -2.46. The number of carbonyl (C=O) groups excluding carboxylic acids is 2. The number of nitrogens with one attached hydrogen (secondary N) is 1. The number of hydrogen-bond donors (Lipinski definition) is 2. The number of likely N-dealkylation sites (tertiary alicyclic amines) is 1. The molecule has 1 saturated heterocycles. The maximum atomic E-state index is 12.3. The third-order valence-corrected chi connectivity index (χ3v) is 4.45. The first-order valence-electron chi connectivity index (χ1n) is 8.30. The molecule has 0 aliphatic carbocycles. The van der Waals surface area contributed by atoms with Crippen LogP contribution in [0.25, 0.3) is 0 Å². The summed E-state index contributed by atoms with van der Waals surface area (Å²) < 4.78 is 5.11. The molecule has 0 aromatic carbocycles. The molecule has 0 saturated carbocycles. The number of rotatable bonds is 6. The summed E-state index contributed by atoms with van der Waals surface area (Å²) in [6.07, 6.45) is 2.34. The molecule has 0 bridgehead atoms. The summed E-state index contributed by atoms with van der Waals surface area (Å²) in [6, 6.07) is 2.89. The summed E-state index contributed by atoms with van der Waals surface area (Å²) in [7, 11) is 0. The molecule has 7 heteroatoms. The van der Waals surface area contributed by atoms with Gasteiger partial charge in [0.2, 0.25) is 17.6 Å². The molecule has 1 aromatic heterocycles. The van der Waals surface area contributed by atoms with Crippen molar-refractivity contribution in [2.45, 2.75) is 39.7 Å². The predicted octanol–water partition coefficient (Wildman–Crippen LogP) is 1.88. The molecule has 1 aliphatic heterocycles. The Morgan fingerprint density at radius 2 is 2.17 bits per heavy atom. The van der Waals surface area contributed by atoms with Crippen molar-refractivity contribution in [3.63, 3.8) is 0 Å². The largest absolute Gasteiger partial charge is 0.475 e. The van der Waals surface area contributed by atoms with Crippen LogP contribution in [0.1, 0.15) is 49.4 Å². The first-order chi connectivity index (χ1) is 11.4. The summed E-state index contributed by atoms with van der Waals surface area (Å²) >= 11 is 0. The Bertz CT molecular complexity index is 610. The highest BCUT2D eigenvalue weighted by atomic mass is 16.4. The van der Waals surface area contributed by atoms with E-state index in [1.165, 1.54) is 12.1 Å². The van der Waals surface area contributed by atoms with Gasteiger partial charge in [-0.05, 0) is 31.4 Å². The second kappa shape index (κ2) is 7.99. The van der Waals surface area contributed by atoms with Crippen molar-refractivity contribution in [3.8, 4) is 0 Å². The van der Waals surface area contributed by atoms with Gasteiger partial charge >= 0.3 is 5.97 Å². The minimum Gasteiger partial charge on any atom is -0.475 e. The number of amides is 2. The molecular formula is C17H24N2O5. The van der Waals surface area contributed by atoms with E-state index in [2.05, 4.69) is 5.32 Å². The first kappa shape index (κ1) is 18.0. The van der Waals surface area contributed by atoms with Gasteiger partial charge in [-0.15, -0.1) is 0 Å². The van der Waals surface area contributed by atoms with E-state index in [1.807, 2.05) is 13.8 Å². The molecule has 0 spiro atoms. The van der Waals surface area contributed by atoms with Gasteiger partial charge in [-0.3, -0.25) is 9.59 Å². The normalized spacial score (nSPS) is 18.9. The third kappa shape index (κ3) is 4.37. The highest BCUT2D eigenvalue weighted by molar-refractivity contribution is 5.84. The fraction of sp³-hybridized carbons (Fsp3) is 0.588. The second-order valence-electron chi connectivity index (χ2n) is 6.22. The van der Waals surface area contributed by atoms with Crippen molar-refractivity contribution in [1.29, 1.82) is 0 Å². The molecule has 24 heavy (non-hydrogen) atoms. The van der Waals surface area contributed by atoms with E-state index in [0.717, 1.165) is 19.3 Å². The van der Waals surface area contributed by atoms with Crippen LogP contribution in [0.3, 0.4) is 0 Å². The fourth-order valence-electron chi connectivity index (χ4n) is 2.78. The molecule has 132 valence electrons. The van der Waals surface area contributed by atoms with E-state index in [0.29, 0.717) is 18.8 Å². The van der Waals surface area contributed by atoms with Crippen LogP contribution in [0.4, 0.5) is 0 Å². The van der Waals surface area contributed by atoms with Crippen LogP contribution in [0, 0.1) is 11.8 Å². The number of aromatic carboxylic acids is 1. The molecule has 7 nitrogen and oxygen atoms in total. The highest BCUT2D eigenvalue weighted by Crippen LogP contribution is 2.19. The number of carboxylic acid groups (broad SMARTS) is 1. The summed E-state index contributed by atoms with van der Waals surface area (Å²) in [6.45, 7) is 5.16. The van der Waals surface area contributed by atoms with Gasteiger partial charge in [0.25, 0.3) is 0 Å². The predicted molar refractivity (Wildman–Crippen MR) is 86.3 cm³/mol. The van der Waals surface area contributed by atoms with Crippen LogP contribution in [0.15, 0.2) is 16.5 Å². The Morgan fingerprint density at radius 1 is 1.42 bits per heavy atom. The molecular weight excluding hydrogens is 312 g/mol. The van der Waals surface area contributed by atoms with Crippen molar-refractivity contribution < 1.29 is 23.9 Å². The molecule has 1 aromatic rings. The van der Waals surface area contributed by atoms with Crippen molar-refractivity contribution in [2.75, 3.05) is 13.1 Å². The smallest absolute Gasteiger partial charge is 0.371 e. The van der Waals surface area contributed by atoms with Crippen LogP contribution in [-0.2, 0) is 16.1 Å². The summed E-state index contributed by atoms with van der Waals surface area (Å²) in [4.78, 5) is 37.1. The minimum atomic E-state index is -1.14. The Labute approximate surface area is 141 Å². The van der Waals surface area contributed by atoms with Gasteiger partial charge in [-0.1, -0.05) is 13.8 Å². The van der Waals surface area contributed by atoms with Gasteiger partial charge in [0.05, 0.1) is 12.5 Å². The number of piperidine rings is 1. The van der Waals surface area contributed by atoms with Gasteiger partial charge in [0.1, 0.15) is 5.76 Å². The lowest BCUT2D eigenvalue weighted by Gasteiger charge is -2.33. The number of carbonyl (C=O) groups is 3. The van der Waals surface area contributed by atoms with Gasteiger partial charge in [0, 0.05) is 19.0 Å². The standard InChI is InChI=1S/C17H24N2O5/c1-3-11(2)16(21)19-8-4-5-12(10-19)15(20)18-9-13-6-7-14(24-13)17(22)23/h6-7,11-12H,3-5,8-10H2,1-2H3,(H,18,20)(H,22,23). The molecule has 1 aliphatic rings. The number of carboxylic acids is 1. The summed E-state index contributed by atoms with van der Waals surface area (Å²) in [5.74, 6) is -1.19. The minimum absolute atomic E-state index is 0.0237. The molecule has 0 radical (unpaired) electrons. The fourth-order valence-corrected chi connectivity index (χ4v) is 2.78. The van der Waals surface area contributed by atoms with Gasteiger partial charge in [-0.25, -0.2) is 4.79 Å². The third-order valence-electron chi connectivity index (χ3n) is 4.45. The summed E-state index contributed by atoms with van der Waals surface area (Å²) in [5, 5.41) is 11.6. The maximum Gasteiger partial charge on any atom is 0.371 e. The van der Waals surface area contributed by atoms with E-state index in [1.54, 1.807) is 4.90 Å². The Morgan fingerprint density at radius 3 is 2.79 bits per heavy atom. The Kier molecular flexibility index (Phi) is 6.00. The average molecular weight is 336 g/mol. The topological polar surface area (TPSA) is 99.9 Å². The molecule has 2 amide bonds. The van der Waals surface area contributed by atoms with Crippen molar-refractivity contribution in [2.24, 2.45) is 11.8 Å². The molecule has 2 rings (SSSR count). The molecule has 2 atom stereocenters. The molecule has 2 heterocycles. The van der Waals surface area contributed by atoms with E-state index >= 15 is 0 Å². The lowest BCUT2D eigenvalue weighted by atomic mass is 9.95. The molecule has 1 fully saturated rings. The number of hydrogen-bond acceptors (Lipinski definition) is 4. The zero-order chi connectivity index (χ0) is 17.7. The van der Waals surface area contributed by atoms with Crippen LogP contribution < -0.4 is 5.32 Å². The SMILES string of the molecule is CCC(C)C(=O)N1CCCC(C(=O)NCc2ccc(C(=O)O)o2)C1. The molecule has 2 unspecified atom stereocenters. The Hall–Kier alpha value is -2.31. The second-order valence-corrected chi connectivity index (χ2v) is 6.22. The van der Waals surface area contributed by atoms with Crippen molar-refractivity contribution in [3.05, 3.63) is 23.7 Å². The van der Waals surface area contributed by atoms with E-state index < -0.39 is 5.97 Å². The lowest BCUT2D eigenvalue weighted by molar-refractivity contribution is -0.139. The average Bonchev–Trinajstić information content (AvgIpc) is 3.07.